The van der Waals surface area contributed by atoms with Crippen LogP contribution in [-0.4, -0.2) is 96.6 Å². The first kappa shape index (κ1) is 65.5. The number of hydrogen-bond donors (Lipinski definition) is 5. The minimum absolute atomic E-state index is 0.0872. The lowest BCUT2D eigenvalue weighted by Gasteiger charge is -2.25. The summed E-state index contributed by atoms with van der Waals surface area (Å²) in [7, 11) is 0. The zero-order chi connectivity index (χ0) is 58.4. The van der Waals surface area contributed by atoms with Crippen LogP contribution in [0.3, 0.4) is 0 Å². The smallest absolute Gasteiger partial charge is 0.407 e. The molecule has 0 aliphatic heterocycles. The van der Waals surface area contributed by atoms with Crippen LogP contribution in [0.2, 0.25) is 0 Å². The molecule has 4 aromatic carbocycles. The van der Waals surface area contributed by atoms with Gasteiger partial charge in [-0.2, -0.15) is 0 Å². The summed E-state index contributed by atoms with van der Waals surface area (Å²) in [6, 6.07) is 31.5. The summed E-state index contributed by atoms with van der Waals surface area (Å²) in [5.74, 6) is -0.379. The maximum Gasteiger partial charge on any atom is 0.407 e. The SMILES string of the molecule is CC(C)(C)OC(=O)N[C@H](CCOc1cc(C(=O)NCCCCCCCCCCCC(=O)O)cc(OCC[C@H](Cc2ccccc2)NC(=O)OC(C)(C)C)c1OCC[C@H](Cc1ccccc1)NC(=O)OC(C)(C)C)Cc1ccccc1. The van der Waals surface area contributed by atoms with Gasteiger partial charge in [0.15, 0.2) is 11.5 Å². The molecule has 0 aromatic heterocycles. The molecule has 440 valence electrons. The van der Waals surface area contributed by atoms with E-state index in [1.54, 1.807) is 12.1 Å². The third kappa shape index (κ3) is 29.3. The molecule has 80 heavy (non-hydrogen) atoms. The number of ether oxygens (including phenoxy) is 6. The highest BCUT2D eigenvalue weighted by Gasteiger charge is 2.26. The van der Waals surface area contributed by atoms with Crippen LogP contribution in [0.1, 0.15) is 173 Å². The minimum atomic E-state index is -0.749. The quantitative estimate of drug-likeness (QED) is 0.0219. The molecule has 0 fully saturated rings. The molecular formula is C64H92N4O12. The van der Waals surface area contributed by atoms with Crippen LogP contribution in [0.15, 0.2) is 103 Å². The highest BCUT2D eigenvalue weighted by atomic mass is 16.6. The first-order chi connectivity index (χ1) is 38.0. The molecule has 4 aromatic rings. The lowest BCUT2D eigenvalue weighted by atomic mass is 10.0. The molecule has 0 saturated carbocycles. The van der Waals surface area contributed by atoms with Crippen molar-refractivity contribution in [2.75, 3.05) is 26.4 Å². The van der Waals surface area contributed by atoms with Crippen LogP contribution in [0.25, 0.3) is 0 Å². The van der Waals surface area contributed by atoms with Crippen LogP contribution in [0, 0.1) is 0 Å². The third-order valence-electron chi connectivity index (χ3n) is 12.4. The second-order valence-corrected chi connectivity index (χ2v) is 23.4. The predicted molar refractivity (Wildman–Crippen MR) is 313 cm³/mol. The summed E-state index contributed by atoms with van der Waals surface area (Å²) >= 11 is 0. The first-order valence-electron chi connectivity index (χ1n) is 28.7. The van der Waals surface area contributed by atoms with Crippen molar-refractivity contribution in [3.8, 4) is 17.2 Å². The van der Waals surface area contributed by atoms with Gasteiger partial charge >= 0.3 is 24.2 Å². The van der Waals surface area contributed by atoms with Crippen molar-refractivity contribution in [2.45, 2.75) is 200 Å². The van der Waals surface area contributed by atoms with Gasteiger partial charge in [-0.3, -0.25) is 9.59 Å². The van der Waals surface area contributed by atoms with Crippen LogP contribution in [0.4, 0.5) is 14.4 Å². The fourth-order valence-corrected chi connectivity index (χ4v) is 8.73. The van der Waals surface area contributed by atoms with Crippen molar-refractivity contribution in [2.24, 2.45) is 0 Å². The number of unbranched alkanes of at least 4 members (excludes halogenated alkanes) is 8. The molecule has 0 radical (unpaired) electrons. The van der Waals surface area contributed by atoms with E-state index in [9.17, 15) is 24.0 Å². The normalized spacial score (nSPS) is 12.7. The van der Waals surface area contributed by atoms with Crippen molar-refractivity contribution in [1.29, 1.82) is 0 Å². The Balaban J connectivity index is 1.67. The zero-order valence-corrected chi connectivity index (χ0v) is 49.1. The summed E-state index contributed by atoms with van der Waals surface area (Å²) in [4.78, 5) is 64.7. The lowest BCUT2D eigenvalue weighted by Crippen LogP contribution is -2.41. The van der Waals surface area contributed by atoms with Gasteiger partial charge in [0.2, 0.25) is 5.75 Å². The second-order valence-electron chi connectivity index (χ2n) is 23.4. The molecule has 0 aliphatic carbocycles. The number of carbonyl (C=O) groups is 5. The Morgan fingerprint density at radius 3 is 1.11 bits per heavy atom. The molecule has 0 bridgehead atoms. The van der Waals surface area contributed by atoms with Crippen LogP contribution in [-0.2, 0) is 38.3 Å². The Morgan fingerprint density at radius 2 is 0.775 bits per heavy atom. The third-order valence-corrected chi connectivity index (χ3v) is 12.4. The topological polar surface area (TPSA) is 209 Å². The van der Waals surface area contributed by atoms with Gasteiger partial charge in [-0.15, -0.1) is 0 Å². The highest BCUT2D eigenvalue weighted by molar-refractivity contribution is 5.95. The van der Waals surface area contributed by atoms with E-state index in [0.29, 0.717) is 51.5 Å². The number of rotatable bonds is 34. The molecule has 0 saturated heterocycles. The number of alkyl carbamates (subject to hydrolysis) is 3. The van der Waals surface area contributed by atoms with E-state index in [1.807, 2.05) is 153 Å². The summed E-state index contributed by atoms with van der Waals surface area (Å²) in [6.45, 7) is 17.0. The Labute approximate surface area is 476 Å². The van der Waals surface area contributed by atoms with E-state index in [0.717, 1.165) is 68.1 Å². The van der Waals surface area contributed by atoms with Crippen LogP contribution < -0.4 is 35.5 Å². The van der Waals surface area contributed by atoms with Gasteiger partial charge in [0, 0.05) is 55.9 Å². The molecular weight excluding hydrogens is 1020 g/mol. The van der Waals surface area contributed by atoms with Crippen molar-refractivity contribution in [1.82, 2.24) is 21.3 Å². The molecule has 4 amide bonds. The van der Waals surface area contributed by atoms with E-state index < -0.39 is 59.2 Å². The van der Waals surface area contributed by atoms with E-state index in [-0.39, 0.29) is 55.0 Å². The number of amides is 4. The number of carboxylic acids is 1. The fraction of sp³-hybridized carbons (Fsp3) is 0.547. The Morgan fingerprint density at radius 1 is 0.450 bits per heavy atom. The average molecular weight is 1110 g/mol. The number of aliphatic carboxylic acids is 1. The van der Waals surface area contributed by atoms with Crippen molar-refractivity contribution in [3.63, 3.8) is 0 Å². The first-order valence-corrected chi connectivity index (χ1v) is 28.7. The van der Waals surface area contributed by atoms with Crippen molar-refractivity contribution in [3.05, 3.63) is 125 Å². The Hall–Kier alpha value is -6.97. The van der Waals surface area contributed by atoms with Gasteiger partial charge < -0.3 is 54.8 Å². The van der Waals surface area contributed by atoms with Crippen LogP contribution in [0.5, 0.6) is 17.2 Å². The van der Waals surface area contributed by atoms with E-state index >= 15 is 0 Å². The molecule has 16 heteroatoms. The summed E-state index contributed by atoms with van der Waals surface area (Å²) < 4.78 is 37.0. The number of nitrogens with one attached hydrogen (secondary N) is 4. The summed E-state index contributed by atoms with van der Waals surface area (Å²) in [5, 5.41) is 21.1. The molecule has 3 atom stereocenters. The van der Waals surface area contributed by atoms with Gasteiger partial charge in [0.05, 0.1) is 19.8 Å². The van der Waals surface area contributed by atoms with E-state index in [2.05, 4.69) is 21.3 Å². The Kier molecular flexibility index (Phi) is 28.1. The average Bonchev–Trinajstić information content (AvgIpc) is 3.36. The lowest BCUT2D eigenvalue weighted by molar-refractivity contribution is -0.137. The number of carbonyl (C=O) groups excluding carboxylic acids is 4. The Bertz CT molecular complexity index is 2350. The fourth-order valence-electron chi connectivity index (χ4n) is 8.73. The molecule has 16 nitrogen and oxygen atoms in total. The van der Waals surface area contributed by atoms with E-state index in [1.165, 1.54) is 0 Å². The number of benzene rings is 4. The molecule has 0 aliphatic rings. The molecule has 4 rings (SSSR count). The van der Waals surface area contributed by atoms with E-state index in [4.69, 9.17) is 33.5 Å². The summed E-state index contributed by atoms with van der Waals surface area (Å²) in [5.41, 5.74) is 1.14. The van der Waals surface area contributed by atoms with Gasteiger partial charge in [-0.1, -0.05) is 136 Å². The number of carboxylic acid groups (broad SMARTS) is 1. The molecule has 0 unspecified atom stereocenters. The highest BCUT2D eigenvalue weighted by Crippen LogP contribution is 2.40. The van der Waals surface area contributed by atoms with Crippen molar-refractivity contribution >= 4 is 30.2 Å². The van der Waals surface area contributed by atoms with Gasteiger partial charge in [-0.05, 0) is 123 Å². The zero-order valence-electron chi connectivity index (χ0n) is 49.1. The maximum absolute atomic E-state index is 14.2. The van der Waals surface area contributed by atoms with Crippen molar-refractivity contribution < 1.29 is 57.5 Å². The van der Waals surface area contributed by atoms with Gasteiger partial charge in [-0.25, -0.2) is 14.4 Å². The maximum atomic E-state index is 14.2. The van der Waals surface area contributed by atoms with Crippen LogP contribution >= 0.6 is 0 Å². The second kappa shape index (κ2) is 34.2. The predicted octanol–water partition coefficient (Wildman–Crippen LogP) is 13.1. The molecule has 0 spiro atoms. The molecule has 0 heterocycles. The van der Waals surface area contributed by atoms with Gasteiger partial charge in [0.1, 0.15) is 16.8 Å². The largest absolute Gasteiger partial charge is 0.489 e. The standard InChI is InChI=1S/C64H92N4O12/c1-62(2,3)78-59(72)66-51(42-47-28-20-17-21-29-47)35-39-75-54-45-50(58(71)65-38-27-16-14-12-10-11-13-15-26-34-56(69)70)46-55(76-40-36-52(43-48-30-22-18-23-31-48)67-60(73)79-63(4,5)6)57(54)77-41-37-53(44-49-32-24-19-25-33-49)68-61(74)80-64(7,8)9/h17-25,28-33,45-46,51-53H,10-16,26-27,34-44H2,1-9H3,(H,65,71)(H,66,72)(H,67,73)(H,68,74)(H,69,70)/t51-,52-,53-/m1/s1. The monoisotopic (exact) mass is 1110 g/mol. The summed E-state index contributed by atoms with van der Waals surface area (Å²) in [6.07, 6.45) is 9.69. The molecule has 5 N–H and O–H groups in total. The number of hydrogen-bond acceptors (Lipinski definition) is 11. The minimum Gasteiger partial charge on any atom is -0.489 e. The van der Waals surface area contributed by atoms with Gasteiger partial charge in [0.25, 0.3) is 5.91 Å².